The second-order valence-electron chi connectivity index (χ2n) is 5.19. The molecule has 0 fully saturated rings. The Balaban J connectivity index is 2.11. The predicted molar refractivity (Wildman–Crippen MR) is 99.4 cm³/mol. The average molecular weight is 432 g/mol. The lowest BCUT2D eigenvalue weighted by molar-refractivity contribution is 0.573. The fourth-order valence-corrected chi connectivity index (χ4v) is 4.36. The quantitative estimate of drug-likeness (QED) is 0.497. The first kappa shape index (κ1) is 17.7. The molecule has 2 aromatic rings. The Labute approximate surface area is 145 Å². The van der Waals surface area contributed by atoms with Gasteiger partial charge in [-0.2, -0.15) is 0 Å². The van der Waals surface area contributed by atoms with Crippen molar-refractivity contribution in [3.63, 3.8) is 0 Å². The lowest BCUT2D eigenvalue weighted by atomic mass is 10.1. The molecule has 120 valence electrons. The number of sulfonamides is 1. The second kappa shape index (κ2) is 8.24. The van der Waals surface area contributed by atoms with Gasteiger partial charge < -0.3 is 5.73 Å². The molecule has 0 amide bonds. The van der Waals surface area contributed by atoms with E-state index in [1.54, 1.807) is 12.1 Å². The standard InChI is InChI=1S/C16H21IN2O2S/c17-15-9-5-8-14-13(15)7-6-10-16(14)22(20,21)19-12-4-2-1-3-11-18/h5-10,19H,1-4,11-12,18H2. The molecule has 2 rings (SSSR count). The molecule has 0 saturated carbocycles. The van der Waals surface area contributed by atoms with Crippen molar-refractivity contribution in [3.8, 4) is 0 Å². The number of nitrogens with two attached hydrogens (primary N) is 1. The fourth-order valence-electron chi connectivity index (χ4n) is 2.38. The summed E-state index contributed by atoms with van der Waals surface area (Å²) in [6.07, 6.45) is 3.87. The number of hydrogen-bond acceptors (Lipinski definition) is 3. The number of rotatable bonds is 8. The Morgan fingerprint density at radius 3 is 2.41 bits per heavy atom. The van der Waals surface area contributed by atoms with Crippen LogP contribution < -0.4 is 10.5 Å². The van der Waals surface area contributed by atoms with E-state index in [4.69, 9.17) is 5.73 Å². The highest BCUT2D eigenvalue weighted by atomic mass is 127. The Morgan fingerprint density at radius 1 is 0.955 bits per heavy atom. The highest BCUT2D eigenvalue weighted by Crippen LogP contribution is 2.26. The van der Waals surface area contributed by atoms with Gasteiger partial charge in [0.1, 0.15) is 0 Å². The first-order valence-corrected chi connectivity index (χ1v) is 9.99. The lowest BCUT2D eigenvalue weighted by Crippen LogP contribution is -2.25. The van der Waals surface area contributed by atoms with E-state index < -0.39 is 10.0 Å². The van der Waals surface area contributed by atoms with Crippen LogP contribution in [-0.4, -0.2) is 21.5 Å². The molecule has 0 aromatic heterocycles. The van der Waals surface area contributed by atoms with Crippen molar-refractivity contribution in [2.75, 3.05) is 13.1 Å². The molecule has 0 aliphatic rings. The molecule has 0 bridgehead atoms. The maximum Gasteiger partial charge on any atom is 0.241 e. The van der Waals surface area contributed by atoms with E-state index in [1.165, 1.54) is 0 Å². The Kier molecular flexibility index (Phi) is 6.61. The number of halogens is 1. The number of hydrogen-bond donors (Lipinski definition) is 2. The molecule has 2 aromatic carbocycles. The smallest absolute Gasteiger partial charge is 0.241 e. The molecule has 22 heavy (non-hydrogen) atoms. The van der Waals surface area contributed by atoms with Gasteiger partial charge in [-0.1, -0.05) is 37.1 Å². The van der Waals surface area contributed by atoms with Crippen LogP contribution in [0.2, 0.25) is 0 Å². The van der Waals surface area contributed by atoms with E-state index in [1.807, 2.05) is 24.3 Å². The average Bonchev–Trinajstić information content (AvgIpc) is 2.50. The van der Waals surface area contributed by atoms with Crippen LogP contribution in [0, 0.1) is 3.57 Å². The van der Waals surface area contributed by atoms with Crippen LogP contribution in [0.25, 0.3) is 10.8 Å². The van der Waals surface area contributed by atoms with Crippen LogP contribution in [0.3, 0.4) is 0 Å². The van der Waals surface area contributed by atoms with Crippen molar-refractivity contribution < 1.29 is 8.42 Å². The van der Waals surface area contributed by atoms with Gasteiger partial charge in [-0.3, -0.25) is 0 Å². The topological polar surface area (TPSA) is 72.2 Å². The van der Waals surface area contributed by atoms with Crippen molar-refractivity contribution in [1.82, 2.24) is 4.72 Å². The summed E-state index contributed by atoms with van der Waals surface area (Å²) in [5, 5.41) is 1.74. The minimum atomic E-state index is -3.47. The molecule has 0 spiro atoms. The summed E-state index contributed by atoms with van der Waals surface area (Å²) in [6, 6.07) is 11.1. The van der Waals surface area contributed by atoms with Crippen molar-refractivity contribution in [3.05, 3.63) is 40.0 Å². The second-order valence-corrected chi connectivity index (χ2v) is 8.09. The molecule has 0 aliphatic heterocycles. The highest BCUT2D eigenvalue weighted by Gasteiger charge is 2.17. The molecule has 4 nitrogen and oxygen atoms in total. The summed E-state index contributed by atoms with van der Waals surface area (Å²) in [6.45, 7) is 1.16. The summed E-state index contributed by atoms with van der Waals surface area (Å²) in [4.78, 5) is 0.352. The normalized spacial score (nSPS) is 11.9. The molecule has 0 heterocycles. The number of unbranched alkanes of at least 4 members (excludes halogenated alkanes) is 3. The molecule has 6 heteroatoms. The fraction of sp³-hybridized carbons (Fsp3) is 0.375. The van der Waals surface area contributed by atoms with Gasteiger partial charge in [0.25, 0.3) is 0 Å². The first-order valence-electron chi connectivity index (χ1n) is 7.43. The SMILES string of the molecule is NCCCCCCNS(=O)(=O)c1cccc2c(I)cccc12. The van der Waals surface area contributed by atoms with Crippen LogP contribution in [0.4, 0.5) is 0 Å². The summed E-state index contributed by atoms with van der Waals surface area (Å²) < 4.78 is 28.8. The third kappa shape index (κ3) is 4.41. The largest absolute Gasteiger partial charge is 0.330 e. The van der Waals surface area contributed by atoms with Crippen LogP contribution in [0.1, 0.15) is 25.7 Å². The lowest BCUT2D eigenvalue weighted by Gasteiger charge is -2.10. The van der Waals surface area contributed by atoms with E-state index in [0.717, 1.165) is 40.0 Å². The summed E-state index contributed by atoms with van der Waals surface area (Å²) in [7, 11) is -3.47. The van der Waals surface area contributed by atoms with E-state index in [2.05, 4.69) is 27.3 Å². The molecule has 0 saturated heterocycles. The van der Waals surface area contributed by atoms with Gasteiger partial charge in [-0.15, -0.1) is 0 Å². The zero-order valence-corrected chi connectivity index (χ0v) is 15.4. The number of nitrogens with one attached hydrogen (secondary N) is 1. The monoisotopic (exact) mass is 432 g/mol. The molecule has 0 atom stereocenters. The van der Waals surface area contributed by atoms with Gasteiger partial charge in [0.05, 0.1) is 4.90 Å². The van der Waals surface area contributed by atoms with Crippen LogP contribution in [0.15, 0.2) is 41.3 Å². The Bertz CT molecular complexity index is 732. The van der Waals surface area contributed by atoms with Gasteiger partial charge in [0.2, 0.25) is 10.0 Å². The molecular weight excluding hydrogens is 411 g/mol. The van der Waals surface area contributed by atoms with Crippen molar-refractivity contribution in [2.24, 2.45) is 5.73 Å². The van der Waals surface area contributed by atoms with Crippen LogP contribution >= 0.6 is 22.6 Å². The third-order valence-corrected chi connectivity index (χ3v) is 6.00. The van der Waals surface area contributed by atoms with Gasteiger partial charge in [0, 0.05) is 15.5 Å². The van der Waals surface area contributed by atoms with Crippen molar-refractivity contribution in [2.45, 2.75) is 30.6 Å². The van der Waals surface area contributed by atoms with Crippen molar-refractivity contribution >= 4 is 43.4 Å². The zero-order chi connectivity index (χ0) is 16.0. The van der Waals surface area contributed by atoms with Crippen molar-refractivity contribution in [1.29, 1.82) is 0 Å². The maximum absolute atomic E-state index is 12.5. The molecular formula is C16H21IN2O2S. The summed E-state index contributed by atoms with van der Waals surface area (Å²) in [5.41, 5.74) is 5.44. The van der Waals surface area contributed by atoms with E-state index in [0.29, 0.717) is 18.0 Å². The van der Waals surface area contributed by atoms with Gasteiger partial charge in [-0.25, -0.2) is 13.1 Å². The van der Waals surface area contributed by atoms with Crippen LogP contribution in [0.5, 0.6) is 0 Å². The highest BCUT2D eigenvalue weighted by molar-refractivity contribution is 14.1. The molecule has 0 aliphatic carbocycles. The van der Waals surface area contributed by atoms with E-state index in [9.17, 15) is 8.42 Å². The molecule has 0 unspecified atom stereocenters. The van der Waals surface area contributed by atoms with Gasteiger partial charge >= 0.3 is 0 Å². The third-order valence-electron chi connectivity index (χ3n) is 3.54. The predicted octanol–water partition coefficient (Wildman–Crippen LogP) is 3.24. The summed E-state index contributed by atoms with van der Waals surface area (Å²) >= 11 is 2.22. The van der Waals surface area contributed by atoms with E-state index >= 15 is 0 Å². The van der Waals surface area contributed by atoms with Gasteiger partial charge in [-0.05, 0) is 59.5 Å². The molecule has 3 N–H and O–H groups in total. The number of benzene rings is 2. The van der Waals surface area contributed by atoms with Gasteiger partial charge in [0.15, 0.2) is 0 Å². The Morgan fingerprint density at radius 2 is 1.64 bits per heavy atom. The minimum absolute atomic E-state index is 0.352. The molecule has 0 radical (unpaired) electrons. The zero-order valence-electron chi connectivity index (χ0n) is 12.4. The van der Waals surface area contributed by atoms with Crippen LogP contribution in [-0.2, 0) is 10.0 Å². The van der Waals surface area contributed by atoms with E-state index in [-0.39, 0.29) is 0 Å². The summed E-state index contributed by atoms with van der Waals surface area (Å²) in [5.74, 6) is 0. The minimum Gasteiger partial charge on any atom is -0.330 e. The maximum atomic E-state index is 12.5. The number of fused-ring (bicyclic) bond motifs is 1. The first-order chi connectivity index (χ1) is 10.6. The Hall–Kier alpha value is -0.700.